The molecule has 2 rings (SSSR count). The van der Waals surface area contributed by atoms with Gasteiger partial charge in [-0.15, -0.1) is 0 Å². The molecule has 3 heteroatoms. The summed E-state index contributed by atoms with van der Waals surface area (Å²) in [6.45, 7) is -0.199. The highest BCUT2D eigenvalue weighted by molar-refractivity contribution is 5.80. The molecule has 0 bridgehead atoms. The summed E-state index contributed by atoms with van der Waals surface area (Å²) in [6, 6.07) is 9.94. The van der Waals surface area contributed by atoms with Gasteiger partial charge in [0.25, 0.3) is 0 Å². The molecule has 2 aromatic rings. The molecule has 1 aromatic heterocycles. The van der Waals surface area contributed by atoms with Gasteiger partial charge < -0.3 is 15.2 Å². The van der Waals surface area contributed by atoms with E-state index >= 15 is 0 Å². The van der Waals surface area contributed by atoms with Gasteiger partial charge in [-0.1, -0.05) is 18.2 Å². The smallest absolute Gasteiger partial charge is 0.0825 e. The van der Waals surface area contributed by atoms with Crippen LogP contribution < -0.4 is 0 Å². The Labute approximate surface area is 82.0 Å². The second-order valence-corrected chi connectivity index (χ2v) is 3.42. The topological polar surface area (TPSA) is 56.2 Å². The van der Waals surface area contributed by atoms with Crippen molar-refractivity contribution in [1.29, 1.82) is 0 Å². The Hall–Kier alpha value is -1.32. The van der Waals surface area contributed by atoms with Gasteiger partial charge in [0, 0.05) is 17.6 Å². The average molecular weight is 191 g/mol. The summed E-state index contributed by atoms with van der Waals surface area (Å²) < 4.78 is 0. The molecule has 0 aliphatic heterocycles. The van der Waals surface area contributed by atoms with Crippen molar-refractivity contribution in [2.45, 2.75) is 12.5 Å². The summed E-state index contributed by atoms with van der Waals surface area (Å²) in [5.74, 6) is 0. The van der Waals surface area contributed by atoms with Crippen molar-refractivity contribution in [3.05, 3.63) is 36.0 Å². The van der Waals surface area contributed by atoms with Gasteiger partial charge in [-0.2, -0.15) is 0 Å². The van der Waals surface area contributed by atoms with Crippen LogP contribution in [0.5, 0.6) is 0 Å². The lowest BCUT2D eigenvalue weighted by molar-refractivity contribution is 0.0949. The molecule has 0 amide bonds. The molecule has 0 spiro atoms. The van der Waals surface area contributed by atoms with E-state index in [2.05, 4.69) is 4.98 Å². The summed E-state index contributed by atoms with van der Waals surface area (Å²) in [6.07, 6.45) is -0.214. The van der Waals surface area contributed by atoms with Crippen LogP contribution in [0.3, 0.4) is 0 Å². The number of aromatic amines is 1. The van der Waals surface area contributed by atoms with E-state index < -0.39 is 6.10 Å². The van der Waals surface area contributed by atoms with Crippen LogP contribution >= 0.6 is 0 Å². The predicted octanol–water partition coefficient (Wildman–Crippen LogP) is 1.06. The number of aliphatic hydroxyl groups excluding tert-OH is 2. The first-order valence-electron chi connectivity index (χ1n) is 4.65. The Kier molecular flexibility index (Phi) is 2.52. The van der Waals surface area contributed by atoms with Crippen molar-refractivity contribution in [2.75, 3.05) is 6.61 Å². The highest BCUT2D eigenvalue weighted by atomic mass is 16.3. The van der Waals surface area contributed by atoms with Gasteiger partial charge >= 0.3 is 0 Å². The minimum absolute atomic E-state index is 0.199. The van der Waals surface area contributed by atoms with Crippen molar-refractivity contribution in [3.8, 4) is 0 Å². The van der Waals surface area contributed by atoms with Gasteiger partial charge in [0.1, 0.15) is 0 Å². The van der Waals surface area contributed by atoms with Crippen LogP contribution in [-0.4, -0.2) is 27.9 Å². The zero-order valence-corrected chi connectivity index (χ0v) is 7.77. The van der Waals surface area contributed by atoms with E-state index in [9.17, 15) is 5.11 Å². The zero-order valence-electron chi connectivity index (χ0n) is 7.77. The number of nitrogens with one attached hydrogen (secondary N) is 1. The van der Waals surface area contributed by atoms with Crippen LogP contribution in [0.1, 0.15) is 5.69 Å². The Morgan fingerprint density at radius 1 is 1.29 bits per heavy atom. The van der Waals surface area contributed by atoms with E-state index in [1.54, 1.807) is 0 Å². The quantitative estimate of drug-likeness (QED) is 0.679. The van der Waals surface area contributed by atoms with Crippen molar-refractivity contribution in [3.63, 3.8) is 0 Å². The van der Waals surface area contributed by atoms with Crippen LogP contribution in [-0.2, 0) is 6.42 Å². The first-order chi connectivity index (χ1) is 6.79. The number of hydrogen-bond donors (Lipinski definition) is 3. The molecule has 3 nitrogen and oxygen atoms in total. The maximum atomic E-state index is 9.27. The summed E-state index contributed by atoms with van der Waals surface area (Å²) >= 11 is 0. The SMILES string of the molecule is OCC(O)Cc1cc2ccccc2[nH]1. The van der Waals surface area contributed by atoms with Crippen molar-refractivity contribution in [1.82, 2.24) is 4.98 Å². The van der Waals surface area contributed by atoms with Crippen LogP contribution in [0.25, 0.3) is 10.9 Å². The Morgan fingerprint density at radius 3 is 2.79 bits per heavy atom. The highest BCUT2D eigenvalue weighted by Gasteiger charge is 2.05. The third-order valence-electron chi connectivity index (χ3n) is 2.25. The standard InChI is InChI=1S/C11H13NO2/c13-7-10(14)6-9-5-8-3-1-2-4-11(8)12-9/h1-5,10,12-14H,6-7H2. The third-order valence-corrected chi connectivity index (χ3v) is 2.25. The molecule has 0 fully saturated rings. The maximum absolute atomic E-state index is 9.27. The van der Waals surface area contributed by atoms with Gasteiger partial charge in [0.15, 0.2) is 0 Å². The van der Waals surface area contributed by atoms with E-state index in [-0.39, 0.29) is 6.61 Å². The molecule has 0 aliphatic carbocycles. The lowest BCUT2D eigenvalue weighted by Crippen LogP contribution is -2.15. The number of para-hydroxylation sites is 1. The fourth-order valence-electron chi connectivity index (χ4n) is 1.56. The number of rotatable bonds is 3. The molecule has 14 heavy (non-hydrogen) atoms. The Morgan fingerprint density at radius 2 is 2.07 bits per heavy atom. The largest absolute Gasteiger partial charge is 0.394 e. The van der Waals surface area contributed by atoms with Gasteiger partial charge in [-0.05, 0) is 17.5 Å². The molecule has 0 radical (unpaired) electrons. The van der Waals surface area contributed by atoms with E-state index in [0.29, 0.717) is 6.42 Å². The van der Waals surface area contributed by atoms with Gasteiger partial charge in [0.2, 0.25) is 0 Å². The molecule has 0 aliphatic rings. The van der Waals surface area contributed by atoms with Crippen LogP contribution in [0, 0.1) is 0 Å². The van der Waals surface area contributed by atoms with Gasteiger partial charge in [-0.25, -0.2) is 0 Å². The average Bonchev–Trinajstić information content (AvgIpc) is 2.59. The minimum Gasteiger partial charge on any atom is -0.394 e. The fraction of sp³-hybridized carbons (Fsp3) is 0.273. The normalized spacial score (nSPS) is 13.3. The molecule has 74 valence electrons. The molecule has 0 saturated heterocycles. The summed E-state index contributed by atoms with van der Waals surface area (Å²) in [5.41, 5.74) is 2.01. The van der Waals surface area contributed by atoms with E-state index in [4.69, 9.17) is 5.11 Å². The Balaban J connectivity index is 2.27. The fourth-order valence-corrected chi connectivity index (χ4v) is 1.56. The van der Waals surface area contributed by atoms with Crippen LogP contribution in [0.15, 0.2) is 30.3 Å². The second-order valence-electron chi connectivity index (χ2n) is 3.42. The molecule has 3 N–H and O–H groups in total. The van der Waals surface area contributed by atoms with E-state index in [0.717, 1.165) is 16.6 Å². The first kappa shape index (κ1) is 9.24. The lowest BCUT2D eigenvalue weighted by Gasteiger charge is -2.03. The zero-order chi connectivity index (χ0) is 9.97. The number of aliphatic hydroxyl groups is 2. The predicted molar refractivity (Wildman–Crippen MR) is 55.1 cm³/mol. The molecule has 1 aromatic carbocycles. The number of hydrogen-bond acceptors (Lipinski definition) is 2. The molecule has 1 atom stereocenters. The Bertz CT molecular complexity index is 389. The lowest BCUT2D eigenvalue weighted by atomic mass is 10.2. The van der Waals surface area contributed by atoms with Gasteiger partial charge in [-0.3, -0.25) is 0 Å². The number of benzene rings is 1. The summed E-state index contributed by atoms with van der Waals surface area (Å²) in [7, 11) is 0. The number of aromatic nitrogens is 1. The molecule has 0 saturated carbocycles. The number of H-pyrrole nitrogens is 1. The van der Waals surface area contributed by atoms with Crippen molar-refractivity contribution < 1.29 is 10.2 Å². The van der Waals surface area contributed by atoms with E-state index in [1.165, 1.54) is 0 Å². The maximum Gasteiger partial charge on any atom is 0.0825 e. The summed E-state index contributed by atoms with van der Waals surface area (Å²) in [4.78, 5) is 3.19. The molecular weight excluding hydrogens is 178 g/mol. The molecular formula is C11H13NO2. The van der Waals surface area contributed by atoms with Crippen molar-refractivity contribution in [2.24, 2.45) is 0 Å². The minimum atomic E-state index is -0.678. The number of fused-ring (bicyclic) bond motifs is 1. The van der Waals surface area contributed by atoms with Gasteiger partial charge in [0.05, 0.1) is 12.7 Å². The first-order valence-corrected chi connectivity index (χ1v) is 4.65. The van der Waals surface area contributed by atoms with Crippen LogP contribution in [0.2, 0.25) is 0 Å². The molecule has 1 heterocycles. The summed E-state index contributed by atoms with van der Waals surface area (Å²) in [5, 5.41) is 19.1. The van der Waals surface area contributed by atoms with E-state index in [1.807, 2.05) is 30.3 Å². The third kappa shape index (κ3) is 1.78. The van der Waals surface area contributed by atoms with Crippen LogP contribution in [0.4, 0.5) is 0 Å². The second kappa shape index (κ2) is 3.82. The highest BCUT2D eigenvalue weighted by Crippen LogP contribution is 2.15. The van der Waals surface area contributed by atoms with Crippen molar-refractivity contribution >= 4 is 10.9 Å². The monoisotopic (exact) mass is 191 g/mol. The molecule has 1 unspecified atom stereocenters.